The Labute approximate surface area is 143 Å². The number of ether oxygens (including phenoxy) is 1. The number of thiophene rings is 1. The average molecular weight is 352 g/mol. The van der Waals surface area contributed by atoms with Gasteiger partial charge < -0.3 is 10.1 Å². The molecule has 1 aromatic carbocycles. The normalized spacial score (nSPS) is 16.8. The van der Waals surface area contributed by atoms with Crippen molar-refractivity contribution < 1.29 is 18.3 Å². The second-order valence-corrected chi connectivity index (χ2v) is 6.31. The zero-order valence-electron chi connectivity index (χ0n) is 13.0. The van der Waals surface area contributed by atoms with Gasteiger partial charge in [0.2, 0.25) is 0 Å². The van der Waals surface area contributed by atoms with E-state index in [1.807, 2.05) is 16.8 Å². The van der Waals surface area contributed by atoms with Crippen molar-refractivity contribution in [1.29, 1.82) is 0 Å². The lowest BCUT2D eigenvalue weighted by molar-refractivity contribution is 0.0163. The third-order valence-electron chi connectivity index (χ3n) is 4.06. The van der Waals surface area contributed by atoms with E-state index < -0.39 is 23.1 Å². The molecule has 128 valence electrons. The van der Waals surface area contributed by atoms with Gasteiger partial charge in [-0.2, -0.15) is 11.3 Å². The van der Waals surface area contributed by atoms with E-state index >= 15 is 0 Å². The highest BCUT2D eigenvalue weighted by molar-refractivity contribution is 7.07. The van der Waals surface area contributed by atoms with Gasteiger partial charge in [0.1, 0.15) is 17.2 Å². The molecule has 1 atom stereocenters. The molecule has 0 spiro atoms. The summed E-state index contributed by atoms with van der Waals surface area (Å²) >= 11 is 1.58. The molecule has 0 bridgehead atoms. The van der Waals surface area contributed by atoms with E-state index in [1.54, 1.807) is 11.3 Å². The summed E-state index contributed by atoms with van der Waals surface area (Å²) < 4.78 is 32.8. The fourth-order valence-corrected chi connectivity index (χ4v) is 3.51. The minimum atomic E-state index is -0.856. The van der Waals surface area contributed by atoms with Crippen LogP contribution in [0.3, 0.4) is 0 Å². The van der Waals surface area contributed by atoms with Gasteiger partial charge in [0, 0.05) is 19.6 Å². The molecule has 1 aliphatic heterocycles. The maximum Gasteiger partial charge on any atom is 0.257 e. The van der Waals surface area contributed by atoms with Crippen LogP contribution in [0.15, 0.2) is 35.0 Å². The van der Waals surface area contributed by atoms with Crippen LogP contribution in [-0.4, -0.2) is 43.7 Å². The lowest BCUT2D eigenvalue weighted by Gasteiger charge is -2.34. The average Bonchev–Trinajstić information content (AvgIpc) is 3.10. The van der Waals surface area contributed by atoms with Gasteiger partial charge in [-0.25, -0.2) is 8.78 Å². The molecular formula is C17H18F2N2O2S. The topological polar surface area (TPSA) is 41.6 Å². The molecule has 0 radical (unpaired) electrons. The molecule has 1 saturated heterocycles. The van der Waals surface area contributed by atoms with Crippen LogP contribution in [0.1, 0.15) is 22.0 Å². The van der Waals surface area contributed by atoms with Gasteiger partial charge in [0.25, 0.3) is 5.91 Å². The van der Waals surface area contributed by atoms with E-state index in [-0.39, 0.29) is 12.6 Å². The number of nitrogens with zero attached hydrogens (tertiary/aromatic N) is 1. The van der Waals surface area contributed by atoms with Crippen molar-refractivity contribution in [1.82, 2.24) is 10.2 Å². The fourth-order valence-electron chi connectivity index (χ4n) is 2.80. The quantitative estimate of drug-likeness (QED) is 0.900. The number of benzene rings is 1. The molecule has 1 N–H and O–H groups in total. The number of carbonyl (C=O) groups excluding carboxylic acids is 1. The predicted molar refractivity (Wildman–Crippen MR) is 88.1 cm³/mol. The molecule has 2 aromatic rings. The van der Waals surface area contributed by atoms with E-state index in [1.165, 1.54) is 6.07 Å². The number of morpholine rings is 1. The first-order valence-electron chi connectivity index (χ1n) is 7.73. The Morgan fingerprint density at radius 2 is 1.96 bits per heavy atom. The summed E-state index contributed by atoms with van der Waals surface area (Å²) in [5.74, 6) is -2.45. The van der Waals surface area contributed by atoms with Crippen LogP contribution >= 0.6 is 11.3 Å². The number of rotatable bonds is 5. The molecule has 0 unspecified atom stereocenters. The van der Waals surface area contributed by atoms with E-state index in [9.17, 15) is 13.6 Å². The smallest absolute Gasteiger partial charge is 0.257 e. The molecule has 0 saturated carbocycles. The van der Waals surface area contributed by atoms with Crippen LogP contribution in [0.25, 0.3) is 0 Å². The largest absolute Gasteiger partial charge is 0.379 e. The summed E-state index contributed by atoms with van der Waals surface area (Å²) in [5, 5.41) is 6.67. The fraction of sp³-hybridized carbons (Fsp3) is 0.353. The highest BCUT2D eigenvalue weighted by Crippen LogP contribution is 2.23. The first-order valence-corrected chi connectivity index (χ1v) is 8.67. The molecule has 2 heterocycles. The minimum Gasteiger partial charge on any atom is -0.379 e. The predicted octanol–water partition coefficient (Wildman–Crippen LogP) is 2.83. The number of amides is 1. The molecule has 1 aliphatic rings. The molecule has 4 nitrogen and oxygen atoms in total. The highest BCUT2D eigenvalue weighted by Gasteiger charge is 2.25. The van der Waals surface area contributed by atoms with Crippen molar-refractivity contribution in [2.45, 2.75) is 6.04 Å². The first kappa shape index (κ1) is 17.0. The summed E-state index contributed by atoms with van der Waals surface area (Å²) in [4.78, 5) is 14.4. The number of nitrogens with one attached hydrogen (secondary N) is 1. The van der Waals surface area contributed by atoms with E-state index in [2.05, 4.69) is 10.2 Å². The van der Waals surface area contributed by atoms with Crippen LogP contribution < -0.4 is 5.32 Å². The second-order valence-electron chi connectivity index (χ2n) is 5.53. The SMILES string of the molecule is O=C(NC[C@@H](c1ccsc1)N1CCOCC1)c1c(F)cccc1F. The maximum atomic E-state index is 13.7. The van der Waals surface area contributed by atoms with Gasteiger partial charge >= 0.3 is 0 Å². The molecular weight excluding hydrogens is 334 g/mol. The van der Waals surface area contributed by atoms with Crippen molar-refractivity contribution in [3.8, 4) is 0 Å². The first-order chi connectivity index (χ1) is 11.7. The molecule has 3 rings (SSSR count). The van der Waals surface area contributed by atoms with Crippen molar-refractivity contribution in [3.63, 3.8) is 0 Å². The summed E-state index contributed by atoms with van der Waals surface area (Å²) in [6.45, 7) is 3.06. The van der Waals surface area contributed by atoms with Crippen molar-refractivity contribution in [3.05, 3.63) is 57.8 Å². The lowest BCUT2D eigenvalue weighted by atomic mass is 10.1. The summed E-state index contributed by atoms with van der Waals surface area (Å²) in [6.07, 6.45) is 0. The Morgan fingerprint density at radius 3 is 2.58 bits per heavy atom. The van der Waals surface area contributed by atoms with Crippen LogP contribution in [0.4, 0.5) is 8.78 Å². The molecule has 24 heavy (non-hydrogen) atoms. The highest BCUT2D eigenvalue weighted by atomic mass is 32.1. The number of halogens is 2. The lowest BCUT2D eigenvalue weighted by Crippen LogP contribution is -2.43. The van der Waals surface area contributed by atoms with Gasteiger partial charge in [-0.15, -0.1) is 0 Å². The van der Waals surface area contributed by atoms with Crippen LogP contribution in [0.5, 0.6) is 0 Å². The van der Waals surface area contributed by atoms with Gasteiger partial charge in [-0.05, 0) is 34.5 Å². The molecule has 1 fully saturated rings. The minimum absolute atomic E-state index is 0.0427. The van der Waals surface area contributed by atoms with Crippen molar-refractivity contribution in [2.24, 2.45) is 0 Å². The Hall–Kier alpha value is -1.83. The Morgan fingerprint density at radius 1 is 1.25 bits per heavy atom. The maximum absolute atomic E-state index is 13.7. The van der Waals surface area contributed by atoms with Gasteiger partial charge in [0.15, 0.2) is 0 Å². The number of hydrogen-bond donors (Lipinski definition) is 1. The van der Waals surface area contributed by atoms with Crippen molar-refractivity contribution in [2.75, 3.05) is 32.8 Å². The zero-order valence-corrected chi connectivity index (χ0v) is 13.8. The monoisotopic (exact) mass is 352 g/mol. The third-order valence-corrected chi connectivity index (χ3v) is 4.76. The van der Waals surface area contributed by atoms with Gasteiger partial charge in [0.05, 0.1) is 19.3 Å². The van der Waals surface area contributed by atoms with Crippen LogP contribution in [0, 0.1) is 11.6 Å². The van der Waals surface area contributed by atoms with E-state index in [0.717, 1.165) is 30.8 Å². The molecule has 7 heteroatoms. The summed E-state index contributed by atoms with van der Waals surface area (Å²) in [7, 11) is 0. The van der Waals surface area contributed by atoms with Crippen LogP contribution in [-0.2, 0) is 4.74 Å². The number of hydrogen-bond acceptors (Lipinski definition) is 4. The number of carbonyl (C=O) groups is 1. The Kier molecular flexibility index (Phi) is 5.55. The zero-order chi connectivity index (χ0) is 16.9. The van der Waals surface area contributed by atoms with Crippen LogP contribution in [0.2, 0.25) is 0 Å². The van der Waals surface area contributed by atoms with E-state index in [4.69, 9.17) is 4.74 Å². The third kappa shape index (κ3) is 3.80. The molecule has 0 aliphatic carbocycles. The summed E-state index contributed by atoms with van der Waals surface area (Å²) in [5.41, 5.74) is 0.541. The van der Waals surface area contributed by atoms with Crippen molar-refractivity contribution >= 4 is 17.2 Å². The Bertz CT molecular complexity index is 668. The Balaban J connectivity index is 1.72. The summed E-state index contributed by atoms with van der Waals surface area (Å²) in [6, 6.07) is 5.36. The van der Waals surface area contributed by atoms with E-state index in [0.29, 0.717) is 13.2 Å². The van der Waals surface area contributed by atoms with Gasteiger partial charge in [-0.1, -0.05) is 6.07 Å². The molecule has 1 aromatic heterocycles. The van der Waals surface area contributed by atoms with Gasteiger partial charge in [-0.3, -0.25) is 9.69 Å². The standard InChI is InChI=1S/C17H18F2N2O2S/c18-13-2-1-3-14(19)16(13)17(22)20-10-15(12-4-9-24-11-12)21-5-7-23-8-6-21/h1-4,9,11,15H,5-8,10H2,(H,20,22)/t15-/m0/s1. The second kappa shape index (κ2) is 7.83. The molecule has 1 amide bonds.